The fourth-order valence-electron chi connectivity index (χ4n) is 1.45. The van der Waals surface area contributed by atoms with Gasteiger partial charge in [0, 0.05) is 11.1 Å². The van der Waals surface area contributed by atoms with Crippen molar-refractivity contribution in [2.45, 2.75) is 6.92 Å². The highest BCUT2D eigenvalue weighted by atomic mass is 32.1. The largest absolute Gasteiger partial charge is 0.478 e. The normalized spacial score (nSPS) is 10.1. The van der Waals surface area contributed by atoms with Gasteiger partial charge in [-0.15, -0.1) is 11.3 Å². The standard InChI is InChI=1S/C13H12N2O4S/c1-2-19-12(18)10-7-20-13(15-10)14-9-5-3-8(4-6-9)11(16)17/h3-7H,2H2,1H3,(H,14,15)(H,16,17). The van der Waals surface area contributed by atoms with E-state index in [1.165, 1.54) is 23.5 Å². The molecule has 1 aromatic heterocycles. The van der Waals surface area contributed by atoms with E-state index in [1.807, 2.05) is 0 Å². The van der Waals surface area contributed by atoms with Crippen LogP contribution in [0.5, 0.6) is 0 Å². The Morgan fingerprint density at radius 3 is 2.65 bits per heavy atom. The van der Waals surface area contributed by atoms with E-state index in [-0.39, 0.29) is 11.3 Å². The third kappa shape index (κ3) is 3.33. The highest BCUT2D eigenvalue weighted by Gasteiger charge is 2.11. The topological polar surface area (TPSA) is 88.5 Å². The van der Waals surface area contributed by atoms with Gasteiger partial charge in [0.05, 0.1) is 12.2 Å². The molecule has 1 heterocycles. The fourth-order valence-corrected chi connectivity index (χ4v) is 2.15. The number of nitrogens with zero attached hydrogens (tertiary/aromatic N) is 1. The molecule has 0 bridgehead atoms. The molecule has 20 heavy (non-hydrogen) atoms. The molecular formula is C13H12N2O4S. The molecule has 0 aliphatic carbocycles. The number of nitrogens with one attached hydrogen (secondary N) is 1. The molecule has 0 atom stereocenters. The molecule has 0 saturated heterocycles. The maximum absolute atomic E-state index is 11.5. The van der Waals surface area contributed by atoms with Crippen LogP contribution in [0, 0.1) is 0 Å². The van der Waals surface area contributed by atoms with Crippen molar-refractivity contribution in [2.75, 3.05) is 11.9 Å². The summed E-state index contributed by atoms with van der Waals surface area (Å²) in [6.45, 7) is 2.03. The number of thiazole rings is 1. The van der Waals surface area contributed by atoms with Crippen LogP contribution in [0.15, 0.2) is 29.6 Å². The van der Waals surface area contributed by atoms with Gasteiger partial charge < -0.3 is 15.2 Å². The van der Waals surface area contributed by atoms with E-state index in [0.29, 0.717) is 17.4 Å². The van der Waals surface area contributed by atoms with Gasteiger partial charge in [0.25, 0.3) is 0 Å². The molecule has 0 unspecified atom stereocenters. The monoisotopic (exact) mass is 292 g/mol. The third-order valence-corrected chi connectivity index (χ3v) is 3.13. The van der Waals surface area contributed by atoms with Crippen LogP contribution >= 0.6 is 11.3 Å². The Morgan fingerprint density at radius 2 is 2.05 bits per heavy atom. The lowest BCUT2D eigenvalue weighted by atomic mass is 10.2. The van der Waals surface area contributed by atoms with Crippen LogP contribution in [0.25, 0.3) is 0 Å². The van der Waals surface area contributed by atoms with Crippen LogP contribution in [0.3, 0.4) is 0 Å². The second-order valence-electron chi connectivity index (χ2n) is 3.77. The van der Waals surface area contributed by atoms with E-state index in [0.717, 1.165) is 0 Å². The Bertz CT molecular complexity index is 622. The number of carbonyl (C=O) groups is 2. The predicted octanol–water partition coefficient (Wildman–Crippen LogP) is 2.76. The Hall–Kier alpha value is -2.41. The molecule has 2 N–H and O–H groups in total. The van der Waals surface area contributed by atoms with Gasteiger partial charge in [-0.2, -0.15) is 0 Å². The van der Waals surface area contributed by atoms with Gasteiger partial charge in [-0.1, -0.05) is 0 Å². The van der Waals surface area contributed by atoms with Crippen LogP contribution in [0.4, 0.5) is 10.8 Å². The van der Waals surface area contributed by atoms with Crippen LogP contribution in [0.2, 0.25) is 0 Å². The van der Waals surface area contributed by atoms with E-state index in [2.05, 4.69) is 10.3 Å². The number of rotatable bonds is 5. The number of hydrogen-bond acceptors (Lipinski definition) is 6. The molecule has 0 saturated carbocycles. The highest BCUT2D eigenvalue weighted by Crippen LogP contribution is 2.21. The number of anilines is 2. The van der Waals surface area contributed by atoms with Crippen molar-refractivity contribution in [1.29, 1.82) is 0 Å². The number of esters is 1. The first-order chi connectivity index (χ1) is 9.60. The number of ether oxygens (including phenoxy) is 1. The van der Waals surface area contributed by atoms with Crippen molar-refractivity contribution in [1.82, 2.24) is 4.98 Å². The third-order valence-electron chi connectivity index (χ3n) is 2.37. The molecule has 0 fully saturated rings. The van der Waals surface area contributed by atoms with Gasteiger partial charge in [0.1, 0.15) is 0 Å². The second kappa shape index (κ2) is 6.16. The lowest BCUT2D eigenvalue weighted by molar-refractivity contribution is 0.0520. The summed E-state index contributed by atoms with van der Waals surface area (Å²) in [7, 11) is 0. The molecule has 2 rings (SSSR count). The fraction of sp³-hybridized carbons (Fsp3) is 0.154. The molecule has 0 spiro atoms. The number of aromatic carboxylic acids is 1. The summed E-state index contributed by atoms with van der Waals surface area (Å²) in [5.74, 6) is -1.44. The van der Waals surface area contributed by atoms with Crippen LogP contribution < -0.4 is 5.32 Å². The van der Waals surface area contributed by atoms with Crippen molar-refractivity contribution in [3.05, 3.63) is 40.9 Å². The van der Waals surface area contributed by atoms with Crippen LogP contribution in [0.1, 0.15) is 27.8 Å². The summed E-state index contributed by atoms with van der Waals surface area (Å²) in [5.41, 5.74) is 1.16. The summed E-state index contributed by atoms with van der Waals surface area (Å²) in [5, 5.41) is 13.9. The van der Waals surface area contributed by atoms with Gasteiger partial charge in [-0.05, 0) is 31.2 Å². The second-order valence-corrected chi connectivity index (χ2v) is 4.62. The SMILES string of the molecule is CCOC(=O)c1csc(Nc2ccc(C(=O)O)cc2)n1. The number of carbonyl (C=O) groups excluding carboxylic acids is 1. The lowest BCUT2D eigenvalue weighted by Crippen LogP contribution is -2.05. The van der Waals surface area contributed by atoms with E-state index in [1.54, 1.807) is 24.4 Å². The average Bonchev–Trinajstić information content (AvgIpc) is 2.88. The molecule has 1 aromatic carbocycles. The summed E-state index contributed by atoms with van der Waals surface area (Å²) >= 11 is 1.27. The van der Waals surface area contributed by atoms with Crippen LogP contribution in [-0.4, -0.2) is 28.6 Å². The molecule has 104 valence electrons. The van der Waals surface area contributed by atoms with Crippen LogP contribution in [-0.2, 0) is 4.74 Å². The number of hydrogen-bond donors (Lipinski definition) is 2. The molecule has 0 amide bonds. The maximum atomic E-state index is 11.5. The van der Waals surface area contributed by atoms with E-state index in [4.69, 9.17) is 9.84 Å². The Balaban J connectivity index is 2.06. The van der Waals surface area contributed by atoms with E-state index < -0.39 is 11.9 Å². The van der Waals surface area contributed by atoms with Gasteiger partial charge in [0.15, 0.2) is 10.8 Å². The smallest absolute Gasteiger partial charge is 0.357 e. The number of carboxylic acids is 1. The minimum Gasteiger partial charge on any atom is -0.478 e. The Morgan fingerprint density at radius 1 is 1.35 bits per heavy atom. The Kier molecular flexibility index (Phi) is 4.31. The minimum absolute atomic E-state index is 0.210. The van der Waals surface area contributed by atoms with Crippen molar-refractivity contribution in [3.63, 3.8) is 0 Å². The van der Waals surface area contributed by atoms with Gasteiger partial charge in [0.2, 0.25) is 0 Å². The summed E-state index contributed by atoms with van der Waals surface area (Å²) in [4.78, 5) is 26.3. The number of aromatic nitrogens is 1. The minimum atomic E-state index is -0.976. The lowest BCUT2D eigenvalue weighted by Gasteiger charge is -2.02. The quantitative estimate of drug-likeness (QED) is 0.824. The average molecular weight is 292 g/mol. The zero-order valence-corrected chi connectivity index (χ0v) is 11.4. The summed E-state index contributed by atoms with van der Waals surface area (Å²) < 4.78 is 4.85. The van der Waals surface area contributed by atoms with Crippen molar-refractivity contribution < 1.29 is 19.4 Å². The van der Waals surface area contributed by atoms with Crippen molar-refractivity contribution in [3.8, 4) is 0 Å². The summed E-state index contributed by atoms with van der Waals surface area (Å²) in [6.07, 6.45) is 0. The molecule has 6 nitrogen and oxygen atoms in total. The molecular weight excluding hydrogens is 280 g/mol. The van der Waals surface area contributed by atoms with E-state index >= 15 is 0 Å². The zero-order valence-electron chi connectivity index (χ0n) is 10.6. The predicted molar refractivity (Wildman–Crippen MR) is 74.8 cm³/mol. The first kappa shape index (κ1) is 14.0. The van der Waals surface area contributed by atoms with Gasteiger partial charge in [-0.3, -0.25) is 0 Å². The summed E-state index contributed by atoms with van der Waals surface area (Å²) in [6, 6.07) is 6.25. The maximum Gasteiger partial charge on any atom is 0.357 e. The molecule has 7 heteroatoms. The molecule has 0 aliphatic heterocycles. The highest BCUT2D eigenvalue weighted by molar-refractivity contribution is 7.14. The number of benzene rings is 1. The zero-order chi connectivity index (χ0) is 14.5. The molecule has 2 aromatic rings. The van der Waals surface area contributed by atoms with Gasteiger partial charge in [-0.25, -0.2) is 14.6 Å². The number of carboxylic acid groups (broad SMARTS) is 1. The first-order valence-corrected chi connectivity index (χ1v) is 6.71. The first-order valence-electron chi connectivity index (χ1n) is 5.83. The van der Waals surface area contributed by atoms with Crippen molar-refractivity contribution in [2.24, 2.45) is 0 Å². The molecule has 0 radical (unpaired) electrons. The van der Waals surface area contributed by atoms with Gasteiger partial charge >= 0.3 is 11.9 Å². The molecule has 0 aliphatic rings. The van der Waals surface area contributed by atoms with E-state index in [9.17, 15) is 9.59 Å². The van der Waals surface area contributed by atoms with Crippen molar-refractivity contribution >= 4 is 34.1 Å². The Labute approximate surface area is 119 Å².